The van der Waals surface area contributed by atoms with Crippen LogP contribution in [0.5, 0.6) is 5.75 Å². The number of hydrogen-bond acceptors (Lipinski definition) is 3. The number of hydrogen-bond donors (Lipinski definition) is 1. The SMILES string of the molecule is C#CCN(CC(=O)O)Cc1ccc(OC)cc1F. The number of terminal acetylenes is 1. The van der Waals surface area contributed by atoms with Crippen LogP contribution in [0.4, 0.5) is 4.39 Å². The maximum Gasteiger partial charge on any atom is 0.317 e. The molecule has 0 aliphatic carbocycles. The summed E-state index contributed by atoms with van der Waals surface area (Å²) in [6.45, 7) is 0.0692. The fourth-order valence-electron chi connectivity index (χ4n) is 1.51. The molecule has 0 aromatic heterocycles. The van der Waals surface area contributed by atoms with Crippen LogP contribution in [0, 0.1) is 18.2 Å². The van der Waals surface area contributed by atoms with Gasteiger partial charge >= 0.3 is 5.97 Å². The third-order valence-corrected chi connectivity index (χ3v) is 2.33. The molecular formula is C13H14FNO3. The highest BCUT2D eigenvalue weighted by Gasteiger charge is 2.12. The average molecular weight is 251 g/mol. The number of ether oxygens (including phenoxy) is 1. The molecule has 0 saturated carbocycles. The van der Waals surface area contributed by atoms with Gasteiger partial charge in [-0.1, -0.05) is 12.0 Å². The average Bonchev–Trinajstić information content (AvgIpc) is 2.31. The Labute approximate surface area is 105 Å². The Balaban J connectivity index is 2.80. The highest BCUT2D eigenvalue weighted by atomic mass is 19.1. The second kappa shape index (κ2) is 6.62. The van der Waals surface area contributed by atoms with Crippen LogP contribution in [0.1, 0.15) is 5.56 Å². The molecule has 1 rings (SSSR count). The Kier molecular flexibility index (Phi) is 5.15. The lowest BCUT2D eigenvalue weighted by molar-refractivity contribution is -0.138. The zero-order chi connectivity index (χ0) is 13.5. The Morgan fingerprint density at radius 2 is 2.33 bits per heavy atom. The smallest absolute Gasteiger partial charge is 0.317 e. The molecule has 0 aliphatic rings. The Bertz CT molecular complexity index is 468. The monoisotopic (exact) mass is 251 g/mol. The summed E-state index contributed by atoms with van der Waals surface area (Å²) >= 11 is 0. The van der Waals surface area contributed by atoms with Gasteiger partial charge in [0.1, 0.15) is 11.6 Å². The van der Waals surface area contributed by atoms with Gasteiger partial charge in [0.25, 0.3) is 0 Å². The summed E-state index contributed by atoms with van der Waals surface area (Å²) in [5, 5.41) is 8.72. The number of carboxylic acids is 1. The van der Waals surface area contributed by atoms with Crippen molar-refractivity contribution in [2.24, 2.45) is 0 Å². The van der Waals surface area contributed by atoms with Crippen molar-refractivity contribution >= 4 is 5.97 Å². The first kappa shape index (κ1) is 14.0. The van der Waals surface area contributed by atoms with Crippen LogP contribution >= 0.6 is 0 Å². The van der Waals surface area contributed by atoms with Gasteiger partial charge in [-0.2, -0.15) is 0 Å². The molecule has 1 aromatic rings. The van der Waals surface area contributed by atoms with Gasteiger partial charge in [-0.3, -0.25) is 9.69 Å². The van der Waals surface area contributed by atoms with E-state index in [2.05, 4.69) is 5.92 Å². The van der Waals surface area contributed by atoms with Gasteiger partial charge in [-0.15, -0.1) is 6.42 Å². The number of rotatable bonds is 6. The van der Waals surface area contributed by atoms with E-state index in [9.17, 15) is 9.18 Å². The van der Waals surface area contributed by atoms with Crippen LogP contribution in [0.2, 0.25) is 0 Å². The number of benzene rings is 1. The van der Waals surface area contributed by atoms with Crippen molar-refractivity contribution in [3.05, 3.63) is 29.6 Å². The molecule has 96 valence electrons. The molecule has 0 unspecified atom stereocenters. The Morgan fingerprint density at radius 1 is 1.61 bits per heavy atom. The quantitative estimate of drug-likeness (QED) is 0.775. The second-order valence-corrected chi connectivity index (χ2v) is 3.70. The minimum atomic E-state index is -1.00. The summed E-state index contributed by atoms with van der Waals surface area (Å²) in [7, 11) is 1.45. The number of aliphatic carboxylic acids is 1. The normalized spacial score (nSPS) is 10.1. The minimum Gasteiger partial charge on any atom is -0.497 e. The molecule has 1 aromatic carbocycles. The summed E-state index contributed by atoms with van der Waals surface area (Å²) in [6.07, 6.45) is 5.14. The summed E-state index contributed by atoms with van der Waals surface area (Å²) < 4.78 is 18.6. The van der Waals surface area contributed by atoms with E-state index in [-0.39, 0.29) is 19.6 Å². The molecule has 0 bridgehead atoms. The summed E-state index contributed by atoms with van der Waals surface area (Å²) in [5.41, 5.74) is 0.382. The molecule has 5 heteroatoms. The summed E-state index contributed by atoms with van der Waals surface area (Å²) in [6, 6.07) is 4.43. The van der Waals surface area contributed by atoms with Gasteiger partial charge in [0.05, 0.1) is 20.2 Å². The van der Waals surface area contributed by atoms with Crippen molar-refractivity contribution in [1.29, 1.82) is 0 Å². The van der Waals surface area contributed by atoms with Crippen molar-refractivity contribution in [1.82, 2.24) is 4.90 Å². The molecular weight excluding hydrogens is 237 g/mol. The van der Waals surface area contributed by atoms with Gasteiger partial charge in [0, 0.05) is 18.2 Å². The predicted octanol–water partition coefficient (Wildman–Crippen LogP) is 1.35. The number of halogens is 1. The molecule has 0 amide bonds. The van der Waals surface area contributed by atoms with Crippen molar-refractivity contribution in [3.8, 4) is 18.1 Å². The van der Waals surface area contributed by atoms with E-state index in [0.29, 0.717) is 11.3 Å². The minimum absolute atomic E-state index is 0.145. The topological polar surface area (TPSA) is 49.8 Å². The second-order valence-electron chi connectivity index (χ2n) is 3.70. The van der Waals surface area contributed by atoms with Gasteiger partial charge in [0.15, 0.2) is 0 Å². The Hall–Kier alpha value is -2.06. The molecule has 18 heavy (non-hydrogen) atoms. The third-order valence-electron chi connectivity index (χ3n) is 2.33. The number of carboxylic acid groups (broad SMARTS) is 1. The van der Waals surface area contributed by atoms with E-state index in [1.807, 2.05) is 0 Å². The van der Waals surface area contributed by atoms with Crippen LogP contribution in [-0.2, 0) is 11.3 Å². The maximum atomic E-state index is 13.7. The molecule has 0 radical (unpaired) electrons. The first-order valence-corrected chi connectivity index (χ1v) is 5.27. The van der Waals surface area contributed by atoms with E-state index in [0.717, 1.165) is 0 Å². The zero-order valence-electron chi connectivity index (χ0n) is 10.0. The lowest BCUT2D eigenvalue weighted by atomic mass is 10.2. The van der Waals surface area contributed by atoms with Gasteiger partial charge < -0.3 is 9.84 Å². The van der Waals surface area contributed by atoms with Crippen LogP contribution in [0.3, 0.4) is 0 Å². The number of nitrogens with zero attached hydrogens (tertiary/aromatic N) is 1. The predicted molar refractivity (Wildman–Crippen MR) is 64.7 cm³/mol. The van der Waals surface area contributed by atoms with Crippen molar-refractivity contribution in [2.75, 3.05) is 20.2 Å². The van der Waals surface area contributed by atoms with Crippen molar-refractivity contribution in [2.45, 2.75) is 6.54 Å². The maximum absolute atomic E-state index is 13.7. The Morgan fingerprint density at radius 3 is 2.83 bits per heavy atom. The van der Waals surface area contributed by atoms with Crippen molar-refractivity contribution in [3.63, 3.8) is 0 Å². The van der Waals surface area contributed by atoms with Crippen LogP contribution < -0.4 is 4.74 Å². The first-order chi connectivity index (χ1) is 8.56. The van der Waals surface area contributed by atoms with Crippen LogP contribution in [-0.4, -0.2) is 36.2 Å². The molecule has 0 fully saturated rings. The molecule has 0 spiro atoms. The zero-order valence-corrected chi connectivity index (χ0v) is 10.0. The molecule has 0 atom stereocenters. The summed E-state index contributed by atoms with van der Waals surface area (Å²) in [4.78, 5) is 12.1. The first-order valence-electron chi connectivity index (χ1n) is 5.27. The van der Waals surface area contributed by atoms with Gasteiger partial charge in [0.2, 0.25) is 0 Å². The summed E-state index contributed by atoms with van der Waals surface area (Å²) in [5.74, 6) is 1.32. The standard InChI is InChI=1S/C13H14FNO3/c1-3-6-15(9-13(16)17)8-10-4-5-11(18-2)7-12(10)14/h1,4-5,7H,6,8-9H2,2H3,(H,16,17). The van der Waals surface area contributed by atoms with E-state index in [1.54, 1.807) is 12.1 Å². The fraction of sp³-hybridized carbons (Fsp3) is 0.308. The molecule has 1 N–H and O–H groups in total. The van der Waals surface area contributed by atoms with Gasteiger partial charge in [-0.05, 0) is 6.07 Å². The van der Waals surface area contributed by atoms with E-state index < -0.39 is 11.8 Å². The van der Waals surface area contributed by atoms with E-state index in [1.165, 1.54) is 18.1 Å². The van der Waals surface area contributed by atoms with Gasteiger partial charge in [-0.25, -0.2) is 4.39 Å². The number of methoxy groups -OCH3 is 1. The number of carbonyl (C=O) groups is 1. The van der Waals surface area contributed by atoms with Crippen molar-refractivity contribution < 1.29 is 19.0 Å². The van der Waals surface area contributed by atoms with Crippen LogP contribution in [0.15, 0.2) is 18.2 Å². The van der Waals surface area contributed by atoms with Crippen LogP contribution in [0.25, 0.3) is 0 Å². The lowest BCUT2D eigenvalue weighted by Crippen LogP contribution is -2.30. The molecule has 0 saturated heterocycles. The molecule has 0 aliphatic heterocycles. The highest BCUT2D eigenvalue weighted by Crippen LogP contribution is 2.17. The van der Waals surface area contributed by atoms with E-state index >= 15 is 0 Å². The highest BCUT2D eigenvalue weighted by molar-refractivity contribution is 5.69. The third kappa shape index (κ3) is 4.07. The molecule has 0 heterocycles. The molecule has 4 nitrogen and oxygen atoms in total. The lowest BCUT2D eigenvalue weighted by Gasteiger charge is -2.17. The fourth-order valence-corrected chi connectivity index (χ4v) is 1.51. The van der Waals surface area contributed by atoms with E-state index in [4.69, 9.17) is 16.3 Å². The largest absolute Gasteiger partial charge is 0.497 e.